The third-order valence-electron chi connectivity index (χ3n) is 3.06. The zero-order valence-corrected chi connectivity index (χ0v) is 12.9. The number of likely N-dealkylation sites (N-methyl/N-ethyl adjacent to an activating group) is 1. The normalized spacial score (nSPS) is 11.4. The third kappa shape index (κ3) is 3.76. The lowest BCUT2D eigenvalue weighted by Crippen LogP contribution is -2.31. The van der Waals surface area contributed by atoms with Gasteiger partial charge in [-0.1, -0.05) is 28.9 Å². The van der Waals surface area contributed by atoms with Crippen LogP contribution in [0.1, 0.15) is 11.3 Å². The van der Waals surface area contributed by atoms with Crippen LogP contribution in [0.4, 0.5) is 18.9 Å². The summed E-state index contributed by atoms with van der Waals surface area (Å²) in [5, 5.41) is 3.27. The van der Waals surface area contributed by atoms with Crippen molar-refractivity contribution in [3.8, 4) is 5.95 Å². The average molecular weight is 349 g/mol. The molecule has 1 aromatic heterocycles. The van der Waals surface area contributed by atoms with E-state index >= 15 is 0 Å². The first-order chi connectivity index (χ1) is 10.7. The molecule has 2 rings (SSSR count). The summed E-state index contributed by atoms with van der Waals surface area (Å²) >= 11 is 5.97. The van der Waals surface area contributed by atoms with Gasteiger partial charge in [0, 0.05) is 7.05 Å². The predicted molar refractivity (Wildman–Crippen MR) is 76.6 cm³/mol. The van der Waals surface area contributed by atoms with Crippen LogP contribution in [-0.2, 0) is 11.0 Å². The molecule has 1 heterocycles. The molecule has 1 amide bonds. The van der Waals surface area contributed by atoms with Crippen molar-refractivity contribution in [1.29, 1.82) is 0 Å². The van der Waals surface area contributed by atoms with E-state index in [9.17, 15) is 18.0 Å². The fraction of sp³-hybridized carbons (Fsp3) is 0.286. The van der Waals surface area contributed by atoms with Gasteiger partial charge in [0.1, 0.15) is 0 Å². The minimum absolute atomic E-state index is 0.314. The van der Waals surface area contributed by atoms with Gasteiger partial charge in [0.05, 0.1) is 16.3 Å². The van der Waals surface area contributed by atoms with E-state index < -0.39 is 30.3 Å². The van der Waals surface area contributed by atoms with Gasteiger partial charge in [-0.05, 0) is 19.1 Å². The maximum atomic E-state index is 12.6. The quantitative estimate of drug-likeness (QED) is 0.845. The molecule has 0 aliphatic rings. The molecule has 0 saturated heterocycles. The molecule has 0 atom stereocenters. The number of hydrogen-bond acceptors (Lipinski definition) is 4. The van der Waals surface area contributed by atoms with Gasteiger partial charge in [0.2, 0.25) is 0 Å². The van der Waals surface area contributed by atoms with Crippen molar-refractivity contribution in [1.82, 2.24) is 5.16 Å². The van der Waals surface area contributed by atoms with E-state index in [4.69, 9.17) is 16.3 Å². The maximum absolute atomic E-state index is 12.6. The highest BCUT2D eigenvalue weighted by atomic mass is 35.5. The summed E-state index contributed by atoms with van der Waals surface area (Å²) < 4.78 is 47.2. The number of halogens is 4. The highest BCUT2D eigenvalue weighted by Crippen LogP contribution is 2.34. The van der Waals surface area contributed by atoms with Crippen LogP contribution < -0.4 is 9.64 Å². The predicted octanol–water partition coefficient (Wildman–Crippen LogP) is 3.70. The van der Waals surface area contributed by atoms with Crippen molar-refractivity contribution in [3.63, 3.8) is 0 Å². The number of hydrogen-bond donors (Lipinski definition) is 0. The Kier molecular flexibility index (Phi) is 4.84. The van der Waals surface area contributed by atoms with E-state index in [0.29, 0.717) is 10.7 Å². The molecule has 1 aromatic carbocycles. The van der Waals surface area contributed by atoms with Crippen LogP contribution >= 0.6 is 11.6 Å². The Labute approximate surface area is 134 Å². The first kappa shape index (κ1) is 17.1. The van der Waals surface area contributed by atoms with Crippen LogP contribution in [0.25, 0.3) is 0 Å². The topological polar surface area (TPSA) is 55.6 Å². The molecular weight excluding hydrogens is 337 g/mol. The standard InChI is InChI=1S/C14H12ClF3N2O3/c1-8-12(14(16,17)18)19-23-13(8)22-7-11(21)20(2)10-6-4-3-5-9(10)15/h3-6H,7H2,1-2H3. The molecule has 0 spiro atoms. The van der Waals surface area contributed by atoms with Crippen LogP contribution in [0.15, 0.2) is 28.8 Å². The van der Waals surface area contributed by atoms with Crippen molar-refractivity contribution >= 4 is 23.2 Å². The minimum Gasteiger partial charge on any atom is -0.453 e. The molecule has 23 heavy (non-hydrogen) atoms. The number of amides is 1. The molecule has 2 aromatic rings. The summed E-state index contributed by atoms with van der Waals surface area (Å²) in [6.45, 7) is 0.631. The SMILES string of the molecule is Cc1c(C(F)(F)F)noc1OCC(=O)N(C)c1ccccc1Cl. The number of aromatic nitrogens is 1. The van der Waals surface area contributed by atoms with Crippen LogP contribution in [0.3, 0.4) is 0 Å². The van der Waals surface area contributed by atoms with E-state index in [1.54, 1.807) is 24.3 Å². The smallest absolute Gasteiger partial charge is 0.437 e. The fourth-order valence-corrected chi connectivity index (χ4v) is 2.06. The van der Waals surface area contributed by atoms with Crippen LogP contribution in [0, 0.1) is 6.92 Å². The highest BCUT2D eigenvalue weighted by Gasteiger charge is 2.38. The van der Waals surface area contributed by atoms with Crippen molar-refractivity contribution in [2.24, 2.45) is 0 Å². The summed E-state index contributed by atoms with van der Waals surface area (Å²) in [6, 6.07) is 6.64. The van der Waals surface area contributed by atoms with Gasteiger partial charge in [-0.2, -0.15) is 13.2 Å². The van der Waals surface area contributed by atoms with Gasteiger partial charge < -0.3 is 14.2 Å². The number of alkyl halides is 3. The van der Waals surface area contributed by atoms with Crippen LogP contribution in [0.2, 0.25) is 5.02 Å². The second-order valence-electron chi connectivity index (χ2n) is 4.63. The minimum atomic E-state index is -4.65. The zero-order valence-electron chi connectivity index (χ0n) is 12.1. The first-order valence-electron chi connectivity index (χ1n) is 6.39. The molecule has 0 aliphatic heterocycles. The molecular formula is C14H12ClF3N2O3. The Morgan fingerprint density at radius 2 is 2.04 bits per heavy atom. The molecule has 5 nitrogen and oxygen atoms in total. The molecule has 0 saturated carbocycles. The van der Waals surface area contributed by atoms with Gasteiger partial charge in [-0.3, -0.25) is 4.79 Å². The highest BCUT2D eigenvalue weighted by molar-refractivity contribution is 6.33. The number of nitrogens with zero attached hydrogens (tertiary/aromatic N) is 2. The Hall–Kier alpha value is -2.22. The van der Waals surface area contributed by atoms with Gasteiger partial charge in [-0.25, -0.2) is 0 Å². The van der Waals surface area contributed by atoms with Crippen molar-refractivity contribution < 1.29 is 27.2 Å². The Bertz CT molecular complexity index is 716. The lowest BCUT2D eigenvalue weighted by Gasteiger charge is -2.18. The number of benzene rings is 1. The maximum Gasteiger partial charge on any atom is 0.437 e. The van der Waals surface area contributed by atoms with Gasteiger partial charge in [0.15, 0.2) is 12.3 Å². The number of carbonyl (C=O) groups is 1. The Morgan fingerprint density at radius 3 is 2.61 bits per heavy atom. The van der Waals surface area contributed by atoms with Crippen molar-refractivity contribution in [2.75, 3.05) is 18.6 Å². The molecule has 0 bridgehead atoms. The molecule has 0 aliphatic carbocycles. The monoisotopic (exact) mass is 348 g/mol. The van der Waals surface area contributed by atoms with Crippen LogP contribution in [-0.4, -0.2) is 24.7 Å². The second-order valence-corrected chi connectivity index (χ2v) is 5.04. The third-order valence-corrected chi connectivity index (χ3v) is 3.38. The molecule has 124 valence electrons. The van der Waals surface area contributed by atoms with E-state index in [-0.39, 0.29) is 5.56 Å². The second kappa shape index (κ2) is 6.49. The van der Waals surface area contributed by atoms with Gasteiger partial charge in [-0.15, -0.1) is 0 Å². The Balaban J connectivity index is 2.05. The molecule has 0 fully saturated rings. The van der Waals surface area contributed by atoms with E-state index in [1.165, 1.54) is 11.9 Å². The number of anilines is 1. The lowest BCUT2D eigenvalue weighted by molar-refractivity contribution is -0.143. The number of para-hydroxylation sites is 1. The zero-order chi connectivity index (χ0) is 17.2. The summed E-state index contributed by atoms with van der Waals surface area (Å²) in [4.78, 5) is 13.3. The Morgan fingerprint density at radius 1 is 1.39 bits per heavy atom. The number of carbonyl (C=O) groups excluding carboxylic acids is 1. The van der Waals surface area contributed by atoms with Crippen LogP contribution in [0.5, 0.6) is 5.95 Å². The lowest BCUT2D eigenvalue weighted by atomic mass is 10.2. The van der Waals surface area contributed by atoms with Gasteiger partial charge in [0.25, 0.3) is 5.91 Å². The molecule has 9 heteroatoms. The van der Waals surface area contributed by atoms with Crippen molar-refractivity contribution in [2.45, 2.75) is 13.1 Å². The van der Waals surface area contributed by atoms with Crippen molar-refractivity contribution in [3.05, 3.63) is 40.5 Å². The van der Waals surface area contributed by atoms with E-state index in [2.05, 4.69) is 9.68 Å². The van der Waals surface area contributed by atoms with E-state index in [1.807, 2.05) is 0 Å². The molecule has 0 unspecified atom stereocenters. The summed E-state index contributed by atoms with van der Waals surface area (Å²) in [6.07, 6.45) is -4.65. The largest absolute Gasteiger partial charge is 0.453 e. The molecule has 0 radical (unpaired) electrons. The fourth-order valence-electron chi connectivity index (χ4n) is 1.80. The van der Waals surface area contributed by atoms with E-state index in [0.717, 1.165) is 6.92 Å². The van der Waals surface area contributed by atoms with Gasteiger partial charge >= 0.3 is 12.1 Å². The summed E-state index contributed by atoms with van der Waals surface area (Å²) in [5.74, 6) is -0.958. The summed E-state index contributed by atoms with van der Waals surface area (Å²) in [5.41, 5.74) is -1.04. The first-order valence-corrected chi connectivity index (χ1v) is 6.77. The molecule has 0 N–H and O–H groups in total. The number of rotatable bonds is 4. The summed E-state index contributed by atoms with van der Waals surface area (Å²) in [7, 11) is 1.47. The number of ether oxygens (including phenoxy) is 1. The average Bonchev–Trinajstić information content (AvgIpc) is 2.85.